The van der Waals surface area contributed by atoms with Gasteiger partial charge in [-0.25, -0.2) is 0 Å². The fraction of sp³-hybridized carbons (Fsp3) is 0.267. The molecule has 0 heterocycles. The lowest BCUT2D eigenvalue weighted by molar-refractivity contribution is -0.120. The fourth-order valence-corrected chi connectivity index (χ4v) is 2.16. The molecule has 0 radical (unpaired) electrons. The van der Waals surface area contributed by atoms with Crippen molar-refractivity contribution in [3.8, 4) is 0 Å². The van der Waals surface area contributed by atoms with E-state index in [1.165, 1.54) is 0 Å². The Balaban J connectivity index is 2.53. The van der Waals surface area contributed by atoms with Gasteiger partial charge in [-0.1, -0.05) is 42.5 Å². The molecule has 0 saturated heterocycles. The van der Waals surface area contributed by atoms with Crippen LogP contribution in [-0.2, 0) is 4.79 Å². The zero-order valence-corrected chi connectivity index (χ0v) is 10.7. The van der Waals surface area contributed by atoms with E-state index < -0.39 is 6.04 Å². The van der Waals surface area contributed by atoms with Gasteiger partial charge in [0.05, 0.1) is 0 Å². The van der Waals surface area contributed by atoms with Crippen LogP contribution in [0.2, 0.25) is 0 Å². The van der Waals surface area contributed by atoms with Crippen molar-refractivity contribution in [3.63, 3.8) is 0 Å². The van der Waals surface area contributed by atoms with Crippen LogP contribution in [0.1, 0.15) is 25.5 Å². The van der Waals surface area contributed by atoms with E-state index >= 15 is 0 Å². The number of hydrogen-bond donors (Lipinski definition) is 2. The molecule has 3 nitrogen and oxygen atoms in total. The Morgan fingerprint density at radius 3 is 2.44 bits per heavy atom. The molecular weight excluding hydrogens is 224 g/mol. The van der Waals surface area contributed by atoms with Gasteiger partial charge in [-0.2, -0.15) is 0 Å². The normalized spacial score (nSPS) is 12.8. The smallest absolute Gasteiger partial charge is 0.239 e. The van der Waals surface area contributed by atoms with E-state index in [0.29, 0.717) is 0 Å². The Kier molecular flexibility index (Phi) is 3.63. The van der Waals surface area contributed by atoms with E-state index in [4.69, 9.17) is 5.73 Å². The third-order valence-corrected chi connectivity index (χ3v) is 2.92. The molecule has 0 aromatic heterocycles. The van der Waals surface area contributed by atoms with Crippen LogP contribution in [0.5, 0.6) is 0 Å². The molecule has 2 aromatic rings. The lowest BCUT2D eigenvalue weighted by Crippen LogP contribution is -2.37. The van der Waals surface area contributed by atoms with Crippen molar-refractivity contribution in [1.29, 1.82) is 0 Å². The Labute approximate surface area is 107 Å². The van der Waals surface area contributed by atoms with Gasteiger partial charge in [0.15, 0.2) is 0 Å². The average molecular weight is 242 g/mol. The van der Waals surface area contributed by atoms with E-state index in [-0.39, 0.29) is 11.9 Å². The second kappa shape index (κ2) is 5.19. The summed E-state index contributed by atoms with van der Waals surface area (Å²) in [4.78, 5) is 11.6. The maximum Gasteiger partial charge on any atom is 0.239 e. The monoisotopic (exact) mass is 242 g/mol. The summed E-state index contributed by atoms with van der Waals surface area (Å²) in [6, 6.07) is 13.7. The molecule has 0 aliphatic rings. The van der Waals surface area contributed by atoms with Crippen molar-refractivity contribution in [2.24, 2.45) is 5.73 Å². The van der Waals surface area contributed by atoms with Crippen molar-refractivity contribution in [3.05, 3.63) is 48.0 Å². The molecule has 2 rings (SSSR count). The summed E-state index contributed by atoms with van der Waals surface area (Å²) in [5, 5.41) is 5.40. The minimum atomic E-state index is -0.448. The van der Waals surface area contributed by atoms with Gasteiger partial charge in [0, 0.05) is 6.04 Å². The summed E-state index contributed by atoms with van der Waals surface area (Å²) < 4.78 is 0. The van der Waals surface area contributed by atoms with Gasteiger partial charge in [0.2, 0.25) is 5.91 Å². The number of fused-ring (bicyclic) bond motifs is 1. The zero-order valence-electron chi connectivity index (χ0n) is 10.7. The van der Waals surface area contributed by atoms with Gasteiger partial charge < -0.3 is 5.73 Å². The summed E-state index contributed by atoms with van der Waals surface area (Å²) in [5.74, 6) is -0.347. The third-order valence-electron chi connectivity index (χ3n) is 2.92. The van der Waals surface area contributed by atoms with Crippen LogP contribution in [0.3, 0.4) is 0 Å². The first-order chi connectivity index (χ1) is 8.59. The second-order valence-electron chi connectivity index (χ2n) is 4.73. The minimum absolute atomic E-state index is 0.196. The average Bonchev–Trinajstić information content (AvgIpc) is 2.35. The highest BCUT2D eigenvalue weighted by molar-refractivity contribution is 5.92. The standard InChI is InChI=1S/C15H18N2O/c1-10(2)17-14(15(16)18)13-9-5-7-11-6-3-4-8-12(11)13/h3-10,14,17H,1-2H3,(H2,16,18). The number of nitrogens with one attached hydrogen (secondary N) is 1. The van der Waals surface area contributed by atoms with Gasteiger partial charge >= 0.3 is 0 Å². The van der Waals surface area contributed by atoms with Crippen LogP contribution in [0.25, 0.3) is 10.8 Å². The number of primary amides is 1. The summed E-state index contributed by atoms with van der Waals surface area (Å²) in [6.07, 6.45) is 0. The molecule has 0 spiro atoms. The number of amides is 1. The molecular formula is C15H18N2O. The highest BCUT2D eigenvalue weighted by atomic mass is 16.1. The largest absolute Gasteiger partial charge is 0.368 e. The number of rotatable bonds is 4. The molecule has 18 heavy (non-hydrogen) atoms. The molecule has 1 amide bonds. The van der Waals surface area contributed by atoms with Crippen molar-refractivity contribution in [2.75, 3.05) is 0 Å². The van der Waals surface area contributed by atoms with Crippen molar-refractivity contribution < 1.29 is 4.79 Å². The van der Waals surface area contributed by atoms with Crippen LogP contribution >= 0.6 is 0 Å². The molecule has 1 unspecified atom stereocenters. The first-order valence-electron chi connectivity index (χ1n) is 6.12. The van der Waals surface area contributed by atoms with Gasteiger partial charge in [0.25, 0.3) is 0 Å². The topological polar surface area (TPSA) is 55.1 Å². The first kappa shape index (κ1) is 12.6. The Morgan fingerprint density at radius 1 is 1.11 bits per heavy atom. The first-order valence-corrected chi connectivity index (χ1v) is 6.12. The molecule has 0 aliphatic heterocycles. The van der Waals surface area contributed by atoms with E-state index in [0.717, 1.165) is 16.3 Å². The molecule has 0 saturated carbocycles. The van der Waals surface area contributed by atoms with E-state index in [1.807, 2.05) is 56.3 Å². The number of benzene rings is 2. The molecule has 2 aromatic carbocycles. The Hall–Kier alpha value is -1.87. The number of nitrogens with two attached hydrogens (primary N) is 1. The third kappa shape index (κ3) is 2.51. The summed E-state index contributed by atoms with van der Waals surface area (Å²) >= 11 is 0. The van der Waals surface area contributed by atoms with Gasteiger partial charge in [-0.05, 0) is 30.2 Å². The lowest BCUT2D eigenvalue weighted by atomic mass is 9.98. The summed E-state index contributed by atoms with van der Waals surface area (Å²) in [6.45, 7) is 4.00. The van der Waals surface area contributed by atoms with Crippen LogP contribution in [0.4, 0.5) is 0 Å². The Morgan fingerprint density at radius 2 is 1.78 bits per heavy atom. The second-order valence-corrected chi connectivity index (χ2v) is 4.73. The highest BCUT2D eigenvalue weighted by Crippen LogP contribution is 2.24. The SMILES string of the molecule is CC(C)NC(C(N)=O)c1cccc2ccccc12. The zero-order chi connectivity index (χ0) is 13.1. The molecule has 94 valence electrons. The molecule has 3 heteroatoms. The molecule has 0 bridgehead atoms. The Bertz CT molecular complexity index is 558. The van der Waals surface area contributed by atoms with E-state index in [9.17, 15) is 4.79 Å². The maximum absolute atomic E-state index is 11.6. The van der Waals surface area contributed by atoms with E-state index in [1.54, 1.807) is 0 Å². The maximum atomic E-state index is 11.6. The van der Waals surface area contributed by atoms with Crippen LogP contribution in [-0.4, -0.2) is 11.9 Å². The molecule has 1 atom stereocenters. The van der Waals surface area contributed by atoms with Crippen LogP contribution < -0.4 is 11.1 Å². The van der Waals surface area contributed by atoms with Crippen molar-refractivity contribution >= 4 is 16.7 Å². The predicted molar refractivity (Wildman–Crippen MR) is 74.2 cm³/mol. The molecule has 0 aliphatic carbocycles. The van der Waals surface area contributed by atoms with Crippen LogP contribution in [0, 0.1) is 0 Å². The van der Waals surface area contributed by atoms with Gasteiger partial charge in [-0.3, -0.25) is 10.1 Å². The lowest BCUT2D eigenvalue weighted by Gasteiger charge is -2.20. The highest BCUT2D eigenvalue weighted by Gasteiger charge is 2.20. The number of hydrogen-bond acceptors (Lipinski definition) is 2. The number of carbonyl (C=O) groups is 1. The van der Waals surface area contributed by atoms with Crippen LogP contribution in [0.15, 0.2) is 42.5 Å². The van der Waals surface area contributed by atoms with Crippen molar-refractivity contribution in [2.45, 2.75) is 25.9 Å². The van der Waals surface area contributed by atoms with Crippen molar-refractivity contribution in [1.82, 2.24) is 5.32 Å². The number of carbonyl (C=O) groups excluding carboxylic acids is 1. The van der Waals surface area contributed by atoms with E-state index in [2.05, 4.69) is 5.32 Å². The van der Waals surface area contributed by atoms with Gasteiger partial charge in [-0.15, -0.1) is 0 Å². The molecule has 3 N–H and O–H groups in total. The fourth-order valence-electron chi connectivity index (χ4n) is 2.16. The minimum Gasteiger partial charge on any atom is -0.368 e. The predicted octanol–water partition coefficient (Wildman–Crippen LogP) is 2.36. The summed E-state index contributed by atoms with van der Waals surface area (Å²) in [5.41, 5.74) is 6.45. The summed E-state index contributed by atoms with van der Waals surface area (Å²) in [7, 11) is 0. The van der Waals surface area contributed by atoms with Gasteiger partial charge in [0.1, 0.15) is 6.04 Å². The quantitative estimate of drug-likeness (QED) is 0.864. The molecule has 0 fully saturated rings.